The fourth-order valence-electron chi connectivity index (χ4n) is 2.53. The molecule has 2 aromatic carbocycles. The zero-order chi connectivity index (χ0) is 17.6. The van der Waals surface area contributed by atoms with Crippen molar-refractivity contribution in [1.29, 1.82) is 0 Å². The number of fused-ring (bicyclic) bond motifs is 1. The van der Waals surface area contributed by atoms with Crippen molar-refractivity contribution in [3.8, 4) is 5.75 Å². The average molecular weight is 339 g/mol. The lowest BCUT2D eigenvalue weighted by atomic mass is 10.1. The number of nitrogens with zero attached hydrogens (tertiary/aromatic N) is 1. The van der Waals surface area contributed by atoms with Crippen LogP contribution in [0.15, 0.2) is 54.6 Å². The van der Waals surface area contributed by atoms with Crippen LogP contribution in [-0.2, 0) is 14.3 Å². The first-order valence-corrected chi connectivity index (χ1v) is 7.91. The molecule has 0 aromatic heterocycles. The Kier molecular flexibility index (Phi) is 5.09. The van der Waals surface area contributed by atoms with Gasteiger partial charge < -0.3 is 14.4 Å². The third-order valence-electron chi connectivity index (χ3n) is 3.81. The van der Waals surface area contributed by atoms with Gasteiger partial charge in [-0.25, -0.2) is 0 Å². The van der Waals surface area contributed by atoms with E-state index in [0.717, 1.165) is 0 Å². The van der Waals surface area contributed by atoms with Gasteiger partial charge in [0.2, 0.25) is 0 Å². The van der Waals surface area contributed by atoms with Crippen LogP contribution < -0.4 is 9.64 Å². The molecule has 1 amide bonds. The van der Waals surface area contributed by atoms with Crippen LogP contribution in [0.3, 0.4) is 0 Å². The van der Waals surface area contributed by atoms with Crippen LogP contribution in [-0.4, -0.2) is 37.4 Å². The molecule has 0 spiro atoms. The SMILES string of the molecule is O=C(CCN1C(=O)COc2ccccc21)OCC(=O)c1ccccc1. The van der Waals surface area contributed by atoms with Gasteiger partial charge in [-0.05, 0) is 12.1 Å². The number of carbonyl (C=O) groups is 3. The summed E-state index contributed by atoms with van der Waals surface area (Å²) in [6.45, 7) is -0.188. The van der Waals surface area contributed by atoms with Crippen LogP contribution >= 0.6 is 0 Å². The van der Waals surface area contributed by atoms with Gasteiger partial charge in [0, 0.05) is 12.1 Å². The summed E-state index contributed by atoms with van der Waals surface area (Å²) in [5.41, 5.74) is 1.12. The van der Waals surface area contributed by atoms with Gasteiger partial charge in [0.05, 0.1) is 12.1 Å². The number of amides is 1. The van der Waals surface area contributed by atoms with Crippen molar-refractivity contribution in [3.63, 3.8) is 0 Å². The summed E-state index contributed by atoms with van der Waals surface area (Å²) in [5, 5.41) is 0. The first-order chi connectivity index (χ1) is 12.1. The summed E-state index contributed by atoms with van der Waals surface area (Å²) in [7, 11) is 0. The number of Topliss-reactive ketones (excluding diaryl/α,β-unsaturated/α-hetero) is 1. The number of carbonyl (C=O) groups excluding carboxylic acids is 3. The molecule has 0 saturated carbocycles. The summed E-state index contributed by atoms with van der Waals surface area (Å²) >= 11 is 0. The molecular weight excluding hydrogens is 322 g/mol. The topological polar surface area (TPSA) is 72.9 Å². The second-order valence-corrected chi connectivity index (χ2v) is 5.50. The predicted octanol–water partition coefficient (Wildman–Crippen LogP) is 2.23. The molecule has 0 fully saturated rings. The molecule has 6 nitrogen and oxygen atoms in total. The molecule has 3 rings (SSSR count). The summed E-state index contributed by atoms with van der Waals surface area (Å²) in [6.07, 6.45) is 0.00213. The van der Waals surface area contributed by atoms with Gasteiger partial charge in [-0.3, -0.25) is 14.4 Å². The van der Waals surface area contributed by atoms with Crippen LogP contribution in [0.2, 0.25) is 0 Å². The molecule has 0 radical (unpaired) electrons. The van der Waals surface area contributed by atoms with Gasteiger partial charge in [-0.1, -0.05) is 42.5 Å². The lowest BCUT2D eigenvalue weighted by molar-refractivity contribution is -0.142. The molecule has 0 aliphatic carbocycles. The van der Waals surface area contributed by atoms with E-state index in [9.17, 15) is 14.4 Å². The number of para-hydroxylation sites is 2. The number of anilines is 1. The maximum absolute atomic E-state index is 12.0. The molecule has 1 aliphatic heterocycles. The highest BCUT2D eigenvalue weighted by atomic mass is 16.5. The Morgan fingerprint density at radius 3 is 2.56 bits per heavy atom. The third kappa shape index (κ3) is 4.03. The fraction of sp³-hybridized carbons (Fsp3) is 0.211. The third-order valence-corrected chi connectivity index (χ3v) is 3.81. The summed E-state index contributed by atoms with van der Waals surface area (Å²) in [4.78, 5) is 37.3. The summed E-state index contributed by atoms with van der Waals surface area (Å²) in [5.74, 6) is -0.399. The van der Waals surface area contributed by atoms with E-state index in [1.54, 1.807) is 48.5 Å². The Labute approximate surface area is 145 Å². The lowest BCUT2D eigenvalue weighted by Gasteiger charge is -2.28. The highest BCUT2D eigenvalue weighted by Gasteiger charge is 2.25. The fourth-order valence-corrected chi connectivity index (χ4v) is 2.53. The Bertz CT molecular complexity index is 787. The van der Waals surface area contributed by atoms with E-state index < -0.39 is 5.97 Å². The molecule has 0 unspecified atom stereocenters. The average Bonchev–Trinajstić information content (AvgIpc) is 2.66. The molecule has 128 valence electrons. The van der Waals surface area contributed by atoms with Crippen molar-refractivity contribution in [2.75, 3.05) is 24.7 Å². The predicted molar refractivity (Wildman–Crippen MR) is 90.6 cm³/mol. The molecule has 2 aromatic rings. The van der Waals surface area contributed by atoms with Gasteiger partial charge in [0.1, 0.15) is 5.75 Å². The largest absolute Gasteiger partial charge is 0.482 e. The molecule has 0 saturated heterocycles. The zero-order valence-corrected chi connectivity index (χ0v) is 13.5. The number of esters is 1. The Morgan fingerprint density at radius 1 is 1.04 bits per heavy atom. The number of ether oxygens (including phenoxy) is 2. The minimum Gasteiger partial charge on any atom is -0.482 e. The van der Waals surface area contributed by atoms with E-state index in [1.807, 2.05) is 6.07 Å². The van der Waals surface area contributed by atoms with Crippen LogP contribution in [0.5, 0.6) is 5.75 Å². The van der Waals surface area contributed by atoms with Crippen molar-refractivity contribution in [3.05, 3.63) is 60.2 Å². The van der Waals surface area contributed by atoms with Crippen molar-refractivity contribution in [2.45, 2.75) is 6.42 Å². The van der Waals surface area contributed by atoms with Crippen molar-refractivity contribution >= 4 is 23.3 Å². The van der Waals surface area contributed by atoms with Gasteiger partial charge in [-0.2, -0.15) is 0 Å². The Balaban J connectivity index is 1.53. The van der Waals surface area contributed by atoms with E-state index >= 15 is 0 Å². The van der Waals surface area contributed by atoms with Crippen molar-refractivity contribution in [1.82, 2.24) is 0 Å². The summed E-state index contributed by atoms with van der Waals surface area (Å²) in [6, 6.07) is 15.8. The number of rotatable bonds is 6. The quantitative estimate of drug-likeness (QED) is 0.596. The van der Waals surface area contributed by atoms with E-state index in [2.05, 4.69) is 0 Å². The van der Waals surface area contributed by atoms with Crippen LogP contribution in [0.4, 0.5) is 5.69 Å². The van der Waals surface area contributed by atoms with E-state index in [0.29, 0.717) is 17.0 Å². The molecule has 6 heteroatoms. The Morgan fingerprint density at radius 2 is 1.76 bits per heavy atom. The number of hydrogen-bond acceptors (Lipinski definition) is 5. The number of hydrogen-bond donors (Lipinski definition) is 0. The second kappa shape index (κ2) is 7.61. The first kappa shape index (κ1) is 16.7. The van der Waals surface area contributed by atoms with Crippen LogP contribution in [0, 0.1) is 0 Å². The van der Waals surface area contributed by atoms with Gasteiger partial charge >= 0.3 is 5.97 Å². The smallest absolute Gasteiger partial charge is 0.308 e. The Hall–Kier alpha value is -3.15. The molecule has 1 aliphatic rings. The normalized spacial score (nSPS) is 13.0. The summed E-state index contributed by atoms with van der Waals surface area (Å²) < 4.78 is 10.4. The molecule has 0 bridgehead atoms. The standard InChI is InChI=1S/C19H17NO5/c21-16(14-6-2-1-3-7-14)12-25-19(23)10-11-20-15-8-4-5-9-17(15)24-13-18(20)22/h1-9H,10-13H2. The second-order valence-electron chi connectivity index (χ2n) is 5.50. The molecule has 1 heterocycles. The number of benzene rings is 2. The van der Waals surface area contributed by atoms with Gasteiger partial charge in [-0.15, -0.1) is 0 Å². The lowest BCUT2D eigenvalue weighted by Crippen LogP contribution is -2.40. The van der Waals surface area contributed by atoms with Crippen LogP contribution in [0.1, 0.15) is 16.8 Å². The number of ketones is 1. The minimum atomic E-state index is -0.527. The highest BCUT2D eigenvalue weighted by Crippen LogP contribution is 2.31. The van der Waals surface area contributed by atoms with Crippen molar-refractivity contribution < 1.29 is 23.9 Å². The van der Waals surface area contributed by atoms with Crippen molar-refractivity contribution in [2.24, 2.45) is 0 Å². The molecule has 25 heavy (non-hydrogen) atoms. The van der Waals surface area contributed by atoms with Gasteiger partial charge in [0.15, 0.2) is 19.0 Å². The zero-order valence-electron chi connectivity index (χ0n) is 13.5. The van der Waals surface area contributed by atoms with E-state index in [1.165, 1.54) is 4.90 Å². The maximum atomic E-state index is 12.0. The van der Waals surface area contributed by atoms with E-state index in [-0.39, 0.29) is 37.9 Å². The van der Waals surface area contributed by atoms with Crippen LogP contribution in [0.25, 0.3) is 0 Å². The highest BCUT2D eigenvalue weighted by molar-refractivity contribution is 5.99. The molecule has 0 atom stereocenters. The first-order valence-electron chi connectivity index (χ1n) is 7.91. The maximum Gasteiger partial charge on any atom is 0.308 e. The molecular formula is C19H17NO5. The van der Waals surface area contributed by atoms with Gasteiger partial charge in [0.25, 0.3) is 5.91 Å². The molecule has 0 N–H and O–H groups in total. The minimum absolute atomic E-state index is 0.00213. The monoisotopic (exact) mass is 339 g/mol. The van der Waals surface area contributed by atoms with E-state index in [4.69, 9.17) is 9.47 Å².